The lowest BCUT2D eigenvalue weighted by Gasteiger charge is -2.22. The van der Waals surface area contributed by atoms with Crippen LogP contribution in [0.4, 0.5) is 4.79 Å². The molecule has 2 aromatic carbocycles. The molecule has 6 nitrogen and oxygen atoms in total. The van der Waals surface area contributed by atoms with E-state index in [9.17, 15) is 9.90 Å². The lowest BCUT2D eigenvalue weighted by atomic mass is 10.2. The summed E-state index contributed by atoms with van der Waals surface area (Å²) in [5, 5.41) is 10.1. The van der Waals surface area contributed by atoms with Gasteiger partial charge >= 0.3 is 6.09 Å². The molecule has 2 heterocycles. The van der Waals surface area contributed by atoms with Crippen molar-refractivity contribution >= 4 is 22.0 Å². The van der Waals surface area contributed by atoms with Gasteiger partial charge in [-0.05, 0) is 23.3 Å². The van der Waals surface area contributed by atoms with Crippen LogP contribution in [0.15, 0.2) is 65.3 Å². The Kier molecular flexibility index (Phi) is 5.45. The Labute approximate surface area is 171 Å². The lowest BCUT2D eigenvalue weighted by Crippen LogP contribution is -2.32. The molecule has 2 atom stereocenters. The average molecular weight is 442 g/mol. The van der Waals surface area contributed by atoms with Crippen molar-refractivity contribution in [1.82, 2.24) is 14.9 Å². The first kappa shape index (κ1) is 18.7. The van der Waals surface area contributed by atoms with E-state index in [-0.39, 0.29) is 19.2 Å². The van der Waals surface area contributed by atoms with Gasteiger partial charge in [0.05, 0.1) is 30.6 Å². The number of nitrogens with zero attached hydrogens (tertiary/aromatic N) is 2. The number of aromatic amines is 1. The first-order valence-electron chi connectivity index (χ1n) is 9.06. The van der Waals surface area contributed by atoms with Gasteiger partial charge < -0.3 is 14.8 Å². The van der Waals surface area contributed by atoms with E-state index in [1.54, 1.807) is 6.20 Å². The van der Waals surface area contributed by atoms with Gasteiger partial charge in [0, 0.05) is 10.9 Å². The molecular weight excluding hydrogens is 422 g/mol. The molecule has 1 aliphatic rings. The van der Waals surface area contributed by atoms with Crippen molar-refractivity contribution in [2.45, 2.75) is 25.2 Å². The quantitative estimate of drug-likeness (QED) is 0.632. The third-order valence-corrected chi connectivity index (χ3v) is 5.31. The molecule has 1 saturated heterocycles. The fourth-order valence-electron chi connectivity index (χ4n) is 3.36. The second-order valence-corrected chi connectivity index (χ2v) is 7.70. The van der Waals surface area contributed by atoms with Crippen LogP contribution in [0, 0.1) is 0 Å². The van der Waals surface area contributed by atoms with Gasteiger partial charge in [0.2, 0.25) is 0 Å². The number of hydrogen-bond donors (Lipinski definition) is 2. The van der Waals surface area contributed by atoms with E-state index in [2.05, 4.69) is 25.9 Å². The molecule has 7 heteroatoms. The molecule has 2 N–H and O–H groups in total. The monoisotopic (exact) mass is 441 g/mol. The van der Waals surface area contributed by atoms with E-state index < -0.39 is 12.2 Å². The highest BCUT2D eigenvalue weighted by molar-refractivity contribution is 9.10. The summed E-state index contributed by atoms with van der Waals surface area (Å²) in [6.45, 7) is 0.424. The third kappa shape index (κ3) is 4.10. The van der Waals surface area contributed by atoms with Crippen LogP contribution in [0.3, 0.4) is 0 Å². The number of likely N-dealkylation sites (tertiary alicyclic amines) is 1. The number of ether oxygens (including phenoxy) is 1. The van der Waals surface area contributed by atoms with Gasteiger partial charge in [0.15, 0.2) is 0 Å². The normalized spacial score (nSPS) is 19.0. The zero-order chi connectivity index (χ0) is 19.5. The first-order chi connectivity index (χ1) is 13.6. The number of aromatic nitrogens is 2. The van der Waals surface area contributed by atoms with Crippen LogP contribution >= 0.6 is 15.9 Å². The molecule has 144 valence electrons. The zero-order valence-corrected chi connectivity index (χ0v) is 16.7. The average Bonchev–Trinajstić information content (AvgIpc) is 3.34. The summed E-state index contributed by atoms with van der Waals surface area (Å²) in [4.78, 5) is 21.9. The van der Waals surface area contributed by atoms with E-state index in [4.69, 9.17) is 4.74 Å². The highest BCUT2D eigenvalue weighted by Crippen LogP contribution is 2.32. The molecular formula is C21H20BrN3O3. The van der Waals surface area contributed by atoms with Crippen molar-refractivity contribution in [1.29, 1.82) is 0 Å². The van der Waals surface area contributed by atoms with Gasteiger partial charge in [-0.3, -0.25) is 4.90 Å². The van der Waals surface area contributed by atoms with Crippen molar-refractivity contribution in [3.63, 3.8) is 0 Å². The smallest absolute Gasteiger partial charge is 0.410 e. The van der Waals surface area contributed by atoms with Gasteiger partial charge in [-0.15, -0.1) is 0 Å². The number of aliphatic hydroxyl groups is 1. The second-order valence-electron chi connectivity index (χ2n) is 6.79. The molecule has 0 unspecified atom stereocenters. The molecule has 1 fully saturated rings. The highest BCUT2D eigenvalue weighted by atomic mass is 79.9. The first-order valence-corrected chi connectivity index (χ1v) is 9.85. The van der Waals surface area contributed by atoms with Crippen LogP contribution in [0.2, 0.25) is 0 Å². The molecule has 0 radical (unpaired) electrons. The summed E-state index contributed by atoms with van der Waals surface area (Å²) in [7, 11) is 0. The van der Waals surface area contributed by atoms with Gasteiger partial charge in [0.25, 0.3) is 0 Å². The number of carbonyl (C=O) groups excluding carboxylic acids is 1. The van der Waals surface area contributed by atoms with E-state index in [1.165, 1.54) is 4.90 Å². The number of hydrogen-bond acceptors (Lipinski definition) is 4. The maximum atomic E-state index is 12.6. The maximum absolute atomic E-state index is 12.6. The fourth-order valence-corrected chi connectivity index (χ4v) is 3.62. The van der Waals surface area contributed by atoms with Crippen LogP contribution in [0.25, 0.3) is 11.3 Å². The maximum Gasteiger partial charge on any atom is 0.410 e. The summed E-state index contributed by atoms with van der Waals surface area (Å²) >= 11 is 3.43. The fraction of sp³-hybridized carbons (Fsp3) is 0.238. The molecule has 1 aliphatic heterocycles. The number of benzene rings is 2. The number of amides is 1. The molecule has 1 aromatic heterocycles. The molecule has 3 aromatic rings. The molecule has 28 heavy (non-hydrogen) atoms. The standard InChI is InChI=1S/C21H20BrN3O3/c22-16-8-6-15(7-9-16)18-11-23-20(24-18)19-10-17(26)12-25(19)21(27)28-13-14-4-2-1-3-5-14/h1-9,11,17,19,26H,10,12-13H2,(H,23,24)/t17-,19+/m1/s1. The van der Waals surface area contributed by atoms with Crippen molar-refractivity contribution in [2.24, 2.45) is 0 Å². The van der Waals surface area contributed by atoms with Crippen LogP contribution < -0.4 is 0 Å². The van der Waals surface area contributed by atoms with Crippen molar-refractivity contribution in [2.75, 3.05) is 6.54 Å². The largest absolute Gasteiger partial charge is 0.445 e. The van der Waals surface area contributed by atoms with Crippen LogP contribution in [0.1, 0.15) is 23.9 Å². The number of halogens is 1. The Morgan fingerprint density at radius 1 is 1.21 bits per heavy atom. The number of β-amino-alcohol motifs (C(OH)–C–C–N with tert-alkyl or cyclic N) is 1. The summed E-state index contributed by atoms with van der Waals surface area (Å²) in [5.74, 6) is 0.645. The number of imidazole rings is 1. The Morgan fingerprint density at radius 2 is 1.96 bits per heavy atom. The predicted octanol–water partition coefficient (Wildman–Crippen LogP) is 4.28. The minimum Gasteiger partial charge on any atom is -0.445 e. The van der Waals surface area contributed by atoms with Crippen LogP contribution in [0.5, 0.6) is 0 Å². The van der Waals surface area contributed by atoms with E-state index in [1.807, 2.05) is 54.6 Å². The van der Waals surface area contributed by atoms with E-state index in [0.717, 1.165) is 21.3 Å². The second kappa shape index (κ2) is 8.16. The molecule has 4 rings (SSSR count). The van der Waals surface area contributed by atoms with E-state index >= 15 is 0 Å². The lowest BCUT2D eigenvalue weighted by molar-refractivity contribution is 0.0867. The molecule has 0 aliphatic carbocycles. The molecule has 0 spiro atoms. The number of aliphatic hydroxyl groups excluding tert-OH is 1. The molecule has 1 amide bonds. The van der Waals surface area contributed by atoms with Crippen molar-refractivity contribution < 1.29 is 14.6 Å². The minimum atomic E-state index is -0.601. The molecule has 0 saturated carbocycles. The van der Waals surface area contributed by atoms with Gasteiger partial charge in [-0.2, -0.15) is 0 Å². The topological polar surface area (TPSA) is 78.4 Å². The number of H-pyrrole nitrogens is 1. The third-order valence-electron chi connectivity index (χ3n) is 4.78. The number of nitrogens with one attached hydrogen (secondary N) is 1. The Balaban J connectivity index is 1.48. The molecule has 0 bridgehead atoms. The SMILES string of the molecule is O=C(OCc1ccccc1)N1C[C@H](O)C[C@H]1c1ncc(-c2ccc(Br)cc2)[nH]1. The van der Waals surface area contributed by atoms with E-state index in [0.29, 0.717) is 12.2 Å². The summed E-state index contributed by atoms with van der Waals surface area (Å²) in [5.41, 5.74) is 2.78. The van der Waals surface area contributed by atoms with Crippen LogP contribution in [-0.4, -0.2) is 38.7 Å². The summed E-state index contributed by atoms with van der Waals surface area (Å²) in [6, 6.07) is 17.1. The predicted molar refractivity (Wildman–Crippen MR) is 108 cm³/mol. The van der Waals surface area contributed by atoms with Crippen molar-refractivity contribution in [3.05, 3.63) is 76.7 Å². The Hall–Kier alpha value is -2.64. The highest BCUT2D eigenvalue weighted by Gasteiger charge is 2.38. The summed E-state index contributed by atoms with van der Waals surface area (Å²) < 4.78 is 6.45. The zero-order valence-electron chi connectivity index (χ0n) is 15.1. The number of rotatable bonds is 4. The van der Waals surface area contributed by atoms with Gasteiger partial charge in [0.1, 0.15) is 12.4 Å². The van der Waals surface area contributed by atoms with Gasteiger partial charge in [-0.1, -0.05) is 58.4 Å². The van der Waals surface area contributed by atoms with Gasteiger partial charge in [-0.25, -0.2) is 9.78 Å². The number of carbonyl (C=O) groups is 1. The van der Waals surface area contributed by atoms with Crippen LogP contribution in [-0.2, 0) is 11.3 Å². The Bertz CT molecular complexity index is 943. The minimum absolute atomic E-state index is 0.196. The Morgan fingerprint density at radius 3 is 2.71 bits per heavy atom. The van der Waals surface area contributed by atoms with Crippen molar-refractivity contribution in [3.8, 4) is 11.3 Å². The summed E-state index contributed by atoms with van der Waals surface area (Å²) in [6.07, 6.45) is 1.12.